The Morgan fingerprint density at radius 3 is 1.23 bits per heavy atom. The summed E-state index contributed by atoms with van der Waals surface area (Å²) in [6.45, 7) is 24.0. The topological polar surface area (TPSA) is 0 Å². The fourth-order valence-electron chi connectivity index (χ4n) is 8.36. The first kappa shape index (κ1) is 35.3. The van der Waals surface area contributed by atoms with E-state index in [0.29, 0.717) is 7.25 Å². The number of rotatable bonds is 9. The van der Waals surface area contributed by atoms with Crippen LogP contribution in [0.2, 0.25) is 13.1 Å². The summed E-state index contributed by atoms with van der Waals surface area (Å²) in [5.74, 6) is -0.952. The normalized spacial score (nSPS) is 17.3. The standard InChI is InChI=1S/2C22H25.C2H7Si.Zr/c2*1-5-7-16-14-18-8-6-9-20(21(18)15-16)17-10-12-19(13-11-17)22(2,3)4;1-3-2;/h2*6,8-15H,5,7H2,1-4H3;3H,1-2H3;. The third-order valence-corrected chi connectivity index (χ3v) is 32.6. The molecule has 0 radical (unpaired) electrons. The van der Waals surface area contributed by atoms with E-state index in [-0.39, 0.29) is 10.8 Å². The quantitative estimate of drug-likeness (QED) is 0.151. The van der Waals surface area contributed by atoms with Crippen LogP contribution in [0.1, 0.15) is 122 Å². The Hall–Kier alpha value is -2.54. The molecule has 2 unspecified atom stereocenters. The summed E-state index contributed by atoms with van der Waals surface area (Å²) >= 11 is -2.18. The van der Waals surface area contributed by atoms with Crippen molar-refractivity contribution < 1.29 is 20.9 Å². The van der Waals surface area contributed by atoms with Crippen molar-refractivity contribution in [1.29, 1.82) is 0 Å². The first-order valence-corrected chi connectivity index (χ1v) is 28.6. The fourth-order valence-corrected chi connectivity index (χ4v) is 31.2. The molecule has 0 fully saturated rings. The van der Waals surface area contributed by atoms with Crippen LogP contribution in [-0.4, -0.2) is 5.92 Å². The zero-order chi connectivity index (χ0) is 34.4. The molecule has 0 aliphatic heterocycles. The molecule has 0 heterocycles. The summed E-state index contributed by atoms with van der Waals surface area (Å²) in [5.41, 5.74) is 18.6. The fraction of sp³-hybridized carbons (Fsp3) is 0.391. The summed E-state index contributed by atoms with van der Waals surface area (Å²) in [6, 6.07) is 33.5. The van der Waals surface area contributed by atoms with Gasteiger partial charge in [-0.3, -0.25) is 0 Å². The zero-order valence-electron chi connectivity index (χ0n) is 31.3. The number of allylic oxidation sites excluding steroid dienone is 2. The van der Waals surface area contributed by atoms with Gasteiger partial charge < -0.3 is 0 Å². The molecular weight excluding hydrogens is 672 g/mol. The molecule has 0 saturated heterocycles. The Morgan fingerprint density at radius 2 is 0.917 bits per heavy atom. The molecule has 0 spiro atoms. The Balaban J connectivity index is 1.46. The van der Waals surface area contributed by atoms with Gasteiger partial charge in [-0.15, -0.1) is 0 Å². The van der Waals surface area contributed by atoms with E-state index in [4.69, 9.17) is 0 Å². The predicted molar refractivity (Wildman–Crippen MR) is 211 cm³/mol. The molecule has 2 heteroatoms. The molecule has 4 aromatic carbocycles. The van der Waals surface area contributed by atoms with E-state index in [9.17, 15) is 0 Å². The molecule has 48 heavy (non-hydrogen) atoms. The van der Waals surface area contributed by atoms with Gasteiger partial charge in [-0.2, -0.15) is 0 Å². The summed E-state index contributed by atoms with van der Waals surface area (Å²) < 4.78 is 1.35. The van der Waals surface area contributed by atoms with Crippen LogP contribution in [0.5, 0.6) is 0 Å². The van der Waals surface area contributed by atoms with E-state index in [1.54, 1.807) is 22.3 Å². The average molecular weight is 729 g/mol. The van der Waals surface area contributed by atoms with Crippen molar-refractivity contribution in [2.45, 2.75) is 112 Å². The van der Waals surface area contributed by atoms with E-state index in [2.05, 4.69) is 166 Å². The second-order valence-electron chi connectivity index (χ2n) is 16.7. The van der Waals surface area contributed by atoms with Crippen LogP contribution in [0.4, 0.5) is 0 Å². The van der Waals surface area contributed by atoms with Crippen LogP contribution >= 0.6 is 0 Å². The number of benzene rings is 4. The van der Waals surface area contributed by atoms with Gasteiger partial charge in [-0.1, -0.05) is 0 Å². The van der Waals surface area contributed by atoms with Crippen molar-refractivity contribution in [3.05, 3.63) is 129 Å². The summed E-state index contributed by atoms with van der Waals surface area (Å²) in [6.07, 6.45) is 10.2. The summed E-state index contributed by atoms with van der Waals surface area (Å²) in [4.78, 5) is 0. The van der Waals surface area contributed by atoms with Gasteiger partial charge in [0.05, 0.1) is 0 Å². The molecule has 0 aromatic heterocycles. The van der Waals surface area contributed by atoms with Gasteiger partial charge in [-0.25, -0.2) is 0 Å². The van der Waals surface area contributed by atoms with E-state index < -0.39 is 26.8 Å². The second-order valence-corrected chi connectivity index (χ2v) is 36.8. The van der Waals surface area contributed by atoms with E-state index in [1.807, 2.05) is 0 Å². The molecule has 2 aliphatic rings. The molecule has 0 N–H and O–H groups in total. The molecule has 6 rings (SSSR count). The number of hydrogen-bond acceptors (Lipinski definition) is 0. The van der Waals surface area contributed by atoms with Gasteiger partial charge in [0.25, 0.3) is 0 Å². The van der Waals surface area contributed by atoms with Crippen molar-refractivity contribution in [1.82, 2.24) is 0 Å². The minimum absolute atomic E-state index is 0.163. The maximum atomic E-state index is 2.71. The van der Waals surface area contributed by atoms with E-state index >= 15 is 0 Å². The molecular formula is C46H57SiZr. The summed E-state index contributed by atoms with van der Waals surface area (Å²) in [5, 5.41) is 0. The third kappa shape index (κ3) is 6.79. The van der Waals surface area contributed by atoms with Gasteiger partial charge in [0.15, 0.2) is 0 Å². The van der Waals surface area contributed by atoms with Crippen LogP contribution in [-0.2, 0) is 31.7 Å². The Bertz CT molecular complexity index is 1690. The third-order valence-electron chi connectivity index (χ3n) is 10.8. The number of hydrogen-bond donors (Lipinski definition) is 0. The van der Waals surface area contributed by atoms with Gasteiger partial charge in [0, 0.05) is 0 Å². The Morgan fingerprint density at radius 1 is 0.542 bits per heavy atom. The average Bonchev–Trinajstić information content (AvgIpc) is 3.59. The molecule has 4 aromatic rings. The second kappa shape index (κ2) is 14.0. The van der Waals surface area contributed by atoms with Crippen LogP contribution < -0.4 is 0 Å². The van der Waals surface area contributed by atoms with Crippen molar-refractivity contribution >= 4 is 18.1 Å². The summed E-state index contributed by atoms with van der Waals surface area (Å²) in [7, 11) is 0. The Labute approximate surface area is 301 Å². The monoisotopic (exact) mass is 727 g/mol. The maximum absolute atomic E-state index is 2.71. The van der Waals surface area contributed by atoms with Gasteiger partial charge in [0.1, 0.15) is 0 Å². The molecule has 2 aliphatic carbocycles. The number of fused-ring (bicyclic) bond motifs is 2. The molecule has 0 nitrogen and oxygen atoms in total. The Kier molecular flexibility index (Phi) is 10.3. The van der Waals surface area contributed by atoms with Crippen LogP contribution in [0.3, 0.4) is 0 Å². The molecule has 0 saturated carbocycles. The van der Waals surface area contributed by atoms with Gasteiger partial charge >= 0.3 is 303 Å². The first-order valence-electron chi connectivity index (χ1n) is 18.6. The van der Waals surface area contributed by atoms with E-state index in [1.165, 1.54) is 70.2 Å². The van der Waals surface area contributed by atoms with Gasteiger partial charge in [-0.05, 0) is 0 Å². The van der Waals surface area contributed by atoms with Crippen LogP contribution in [0.15, 0.2) is 96.1 Å². The molecule has 0 amide bonds. The van der Waals surface area contributed by atoms with Crippen LogP contribution in [0.25, 0.3) is 34.4 Å². The van der Waals surface area contributed by atoms with Crippen molar-refractivity contribution in [2.75, 3.05) is 0 Å². The van der Waals surface area contributed by atoms with Gasteiger partial charge in [0.2, 0.25) is 0 Å². The predicted octanol–water partition coefficient (Wildman–Crippen LogP) is 13.4. The molecule has 2 atom stereocenters. The van der Waals surface area contributed by atoms with E-state index in [0.717, 1.165) is 0 Å². The zero-order valence-corrected chi connectivity index (χ0v) is 34.9. The van der Waals surface area contributed by atoms with Crippen molar-refractivity contribution in [2.24, 2.45) is 0 Å². The minimum atomic E-state index is -2.18. The van der Waals surface area contributed by atoms with Crippen molar-refractivity contribution in [3.63, 3.8) is 0 Å². The first-order chi connectivity index (χ1) is 22.8. The molecule has 249 valence electrons. The molecule has 0 bridgehead atoms. The SMILES string of the molecule is CCCC1=Cc2c(-c3ccc(C(C)(C)C)cc3)cccc2[CH]1[Zr]([CH]1C(CCC)=Cc2c(-c3ccc(C(C)(C)C)cc3)cccc21)[SiH](C)C. The van der Waals surface area contributed by atoms with Crippen molar-refractivity contribution in [3.8, 4) is 22.3 Å². The van der Waals surface area contributed by atoms with Crippen LogP contribution in [0, 0.1) is 0 Å².